The maximum atomic E-state index is 12.3. The fourth-order valence-electron chi connectivity index (χ4n) is 2.73. The number of rotatable bonds is 3. The summed E-state index contributed by atoms with van der Waals surface area (Å²) < 4.78 is 0.935. The van der Waals surface area contributed by atoms with Gasteiger partial charge in [-0.05, 0) is 47.2 Å². The normalized spacial score (nSPS) is 20.8. The topological polar surface area (TPSA) is 36.1 Å². The number of likely N-dealkylation sites (tertiary alicyclic amines) is 1. The van der Waals surface area contributed by atoms with Crippen LogP contribution in [0.4, 0.5) is 0 Å². The summed E-state index contributed by atoms with van der Waals surface area (Å²) in [5.74, 6) is 0.945. The Morgan fingerprint density at radius 3 is 3.00 bits per heavy atom. The van der Waals surface area contributed by atoms with Crippen molar-refractivity contribution >= 4 is 21.8 Å². The predicted molar refractivity (Wildman–Crippen MR) is 76.6 cm³/mol. The van der Waals surface area contributed by atoms with Crippen LogP contribution in [0.5, 0.6) is 0 Å². The number of carbonyl (C=O) groups is 1. The van der Waals surface area contributed by atoms with Gasteiger partial charge in [0, 0.05) is 23.8 Å². The van der Waals surface area contributed by atoms with Crippen molar-refractivity contribution in [2.75, 3.05) is 13.1 Å². The molecule has 2 rings (SSSR count). The summed E-state index contributed by atoms with van der Waals surface area (Å²) >= 11 is 3.37. The molecule has 4 heteroatoms. The van der Waals surface area contributed by atoms with Crippen molar-refractivity contribution in [3.63, 3.8) is 0 Å². The van der Waals surface area contributed by atoms with Crippen molar-refractivity contribution in [1.82, 2.24) is 9.88 Å². The van der Waals surface area contributed by atoms with Gasteiger partial charge in [0.2, 0.25) is 0 Å². The molecule has 1 aliphatic heterocycles. The van der Waals surface area contributed by atoms with Crippen LogP contribution in [0.3, 0.4) is 0 Å². The van der Waals surface area contributed by atoms with E-state index in [0.29, 0.717) is 5.69 Å². The number of aromatic amines is 1. The Balaban J connectivity index is 1.95. The zero-order valence-electron chi connectivity index (χ0n) is 10.9. The van der Waals surface area contributed by atoms with E-state index >= 15 is 0 Å². The summed E-state index contributed by atoms with van der Waals surface area (Å²) in [5.41, 5.74) is 0.691. The van der Waals surface area contributed by atoms with Crippen molar-refractivity contribution < 1.29 is 4.79 Å². The van der Waals surface area contributed by atoms with E-state index in [9.17, 15) is 4.79 Å². The molecule has 1 saturated heterocycles. The number of hydrogen-bond acceptors (Lipinski definition) is 1. The van der Waals surface area contributed by atoms with Crippen LogP contribution in [0.1, 0.15) is 49.5 Å². The third-order valence-electron chi connectivity index (χ3n) is 3.71. The van der Waals surface area contributed by atoms with Gasteiger partial charge in [0.05, 0.1) is 0 Å². The summed E-state index contributed by atoms with van der Waals surface area (Å²) in [4.78, 5) is 17.3. The lowest BCUT2D eigenvalue weighted by Crippen LogP contribution is -2.32. The standard InChI is InChI=1S/C14H21BrN2O/c1-2-4-11-5-3-7-17(8-6-11)14(18)13-9-12(15)10-16-13/h9-11,16H,2-8H2,1H3. The van der Waals surface area contributed by atoms with Gasteiger partial charge in [-0.15, -0.1) is 0 Å². The minimum Gasteiger partial charge on any atom is -0.356 e. The summed E-state index contributed by atoms with van der Waals surface area (Å²) in [5, 5.41) is 0. The SMILES string of the molecule is CCCC1CCCN(C(=O)c2cc(Br)c[nH]2)CC1. The second-order valence-corrected chi connectivity index (χ2v) is 6.03. The van der Waals surface area contributed by atoms with Gasteiger partial charge < -0.3 is 9.88 Å². The first-order valence-electron chi connectivity index (χ1n) is 6.84. The predicted octanol–water partition coefficient (Wildman–Crippen LogP) is 3.82. The van der Waals surface area contributed by atoms with E-state index in [2.05, 4.69) is 27.8 Å². The Labute approximate surface area is 117 Å². The van der Waals surface area contributed by atoms with Crippen LogP contribution in [-0.2, 0) is 0 Å². The molecule has 1 N–H and O–H groups in total. The molecule has 0 bridgehead atoms. The Bertz CT molecular complexity index is 402. The van der Waals surface area contributed by atoms with Crippen molar-refractivity contribution in [3.8, 4) is 0 Å². The first-order chi connectivity index (χ1) is 8.70. The Morgan fingerprint density at radius 1 is 1.50 bits per heavy atom. The zero-order chi connectivity index (χ0) is 13.0. The third kappa shape index (κ3) is 3.37. The first-order valence-corrected chi connectivity index (χ1v) is 7.63. The molecule has 0 aliphatic carbocycles. The number of H-pyrrole nitrogens is 1. The Kier molecular flexibility index (Phi) is 4.87. The molecule has 2 heterocycles. The maximum Gasteiger partial charge on any atom is 0.270 e. The second kappa shape index (κ2) is 6.41. The van der Waals surface area contributed by atoms with Crippen LogP contribution in [-0.4, -0.2) is 28.9 Å². The van der Waals surface area contributed by atoms with Gasteiger partial charge in [-0.25, -0.2) is 0 Å². The average Bonchev–Trinajstić information content (AvgIpc) is 2.65. The van der Waals surface area contributed by atoms with Crippen molar-refractivity contribution in [2.24, 2.45) is 5.92 Å². The molecule has 18 heavy (non-hydrogen) atoms. The summed E-state index contributed by atoms with van der Waals surface area (Å²) in [6.07, 6.45) is 7.93. The second-order valence-electron chi connectivity index (χ2n) is 5.11. The number of aromatic nitrogens is 1. The molecule has 0 radical (unpaired) electrons. The molecule has 0 saturated carbocycles. The van der Waals surface area contributed by atoms with Crippen LogP contribution in [0.2, 0.25) is 0 Å². The number of nitrogens with zero attached hydrogens (tertiary/aromatic N) is 1. The number of carbonyl (C=O) groups excluding carboxylic acids is 1. The minimum atomic E-state index is 0.137. The highest BCUT2D eigenvalue weighted by atomic mass is 79.9. The van der Waals surface area contributed by atoms with Crippen LogP contribution in [0, 0.1) is 5.92 Å². The number of amides is 1. The van der Waals surface area contributed by atoms with Crippen molar-refractivity contribution in [2.45, 2.75) is 39.0 Å². The third-order valence-corrected chi connectivity index (χ3v) is 4.17. The number of nitrogens with one attached hydrogen (secondary N) is 1. The van der Waals surface area contributed by atoms with Crippen molar-refractivity contribution in [1.29, 1.82) is 0 Å². The van der Waals surface area contributed by atoms with Gasteiger partial charge >= 0.3 is 0 Å². The Hall–Kier alpha value is -0.770. The molecule has 1 atom stereocenters. The van der Waals surface area contributed by atoms with Gasteiger partial charge in [0.25, 0.3) is 5.91 Å². The van der Waals surface area contributed by atoms with Gasteiger partial charge in [0.1, 0.15) is 5.69 Å². The minimum absolute atomic E-state index is 0.137. The highest BCUT2D eigenvalue weighted by Crippen LogP contribution is 2.23. The van der Waals surface area contributed by atoms with E-state index in [4.69, 9.17) is 0 Å². The molecule has 1 aromatic heterocycles. The molecule has 0 aromatic carbocycles. The van der Waals surface area contributed by atoms with Crippen LogP contribution >= 0.6 is 15.9 Å². The molecular formula is C14H21BrN2O. The smallest absolute Gasteiger partial charge is 0.270 e. The van der Waals surface area contributed by atoms with E-state index in [1.807, 2.05) is 17.2 Å². The van der Waals surface area contributed by atoms with E-state index in [-0.39, 0.29) is 5.91 Å². The van der Waals surface area contributed by atoms with E-state index in [0.717, 1.165) is 36.3 Å². The van der Waals surface area contributed by atoms with Crippen molar-refractivity contribution in [3.05, 3.63) is 22.4 Å². The van der Waals surface area contributed by atoms with Crippen LogP contribution < -0.4 is 0 Å². The zero-order valence-corrected chi connectivity index (χ0v) is 12.5. The van der Waals surface area contributed by atoms with E-state index in [1.165, 1.54) is 19.3 Å². The fourth-order valence-corrected chi connectivity index (χ4v) is 3.07. The quantitative estimate of drug-likeness (QED) is 0.905. The Morgan fingerprint density at radius 2 is 2.33 bits per heavy atom. The molecule has 1 aromatic rings. The van der Waals surface area contributed by atoms with Crippen LogP contribution in [0.25, 0.3) is 0 Å². The molecule has 1 fully saturated rings. The molecule has 1 amide bonds. The largest absolute Gasteiger partial charge is 0.356 e. The average molecular weight is 313 g/mol. The molecule has 0 spiro atoms. The maximum absolute atomic E-state index is 12.3. The number of halogens is 1. The lowest BCUT2D eigenvalue weighted by atomic mass is 9.96. The van der Waals surface area contributed by atoms with Crippen LogP contribution in [0.15, 0.2) is 16.7 Å². The molecular weight excluding hydrogens is 292 g/mol. The lowest BCUT2D eigenvalue weighted by Gasteiger charge is -2.19. The molecule has 3 nitrogen and oxygen atoms in total. The van der Waals surface area contributed by atoms with Gasteiger partial charge in [0.15, 0.2) is 0 Å². The molecule has 100 valence electrons. The van der Waals surface area contributed by atoms with E-state index < -0.39 is 0 Å². The molecule has 1 aliphatic rings. The fraction of sp³-hybridized carbons (Fsp3) is 0.643. The van der Waals surface area contributed by atoms with Gasteiger partial charge in [-0.3, -0.25) is 4.79 Å². The highest BCUT2D eigenvalue weighted by molar-refractivity contribution is 9.10. The monoisotopic (exact) mass is 312 g/mol. The van der Waals surface area contributed by atoms with E-state index in [1.54, 1.807) is 0 Å². The summed E-state index contributed by atoms with van der Waals surface area (Å²) in [7, 11) is 0. The first kappa shape index (κ1) is 13.7. The highest BCUT2D eigenvalue weighted by Gasteiger charge is 2.21. The lowest BCUT2D eigenvalue weighted by molar-refractivity contribution is 0.0754. The summed E-state index contributed by atoms with van der Waals surface area (Å²) in [6.45, 7) is 4.04. The van der Waals surface area contributed by atoms with Gasteiger partial charge in [-0.1, -0.05) is 19.8 Å². The molecule has 1 unspecified atom stereocenters. The number of hydrogen-bond donors (Lipinski definition) is 1. The van der Waals surface area contributed by atoms with Gasteiger partial charge in [-0.2, -0.15) is 0 Å². The summed E-state index contributed by atoms with van der Waals surface area (Å²) in [6, 6.07) is 1.86.